The first-order chi connectivity index (χ1) is 12.6. The van der Waals surface area contributed by atoms with Crippen LogP contribution in [0, 0.1) is 0 Å². The van der Waals surface area contributed by atoms with Gasteiger partial charge in [-0.1, -0.05) is 30.3 Å². The molecule has 0 saturated heterocycles. The number of methoxy groups -OCH3 is 3. The summed E-state index contributed by atoms with van der Waals surface area (Å²) in [6.45, 7) is 2.03. The van der Waals surface area contributed by atoms with E-state index in [0.29, 0.717) is 22.4 Å². The van der Waals surface area contributed by atoms with E-state index in [1.807, 2.05) is 37.3 Å². The van der Waals surface area contributed by atoms with Crippen molar-refractivity contribution in [1.82, 2.24) is 10.7 Å². The molecule has 0 amide bonds. The van der Waals surface area contributed by atoms with Gasteiger partial charge in [0.15, 0.2) is 16.6 Å². The second-order valence-corrected chi connectivity index (χ2v) is 5.84. The zero-order valence-corrected chi connectivity index (χ0v) is 16.1. The molecule has 6 nitrogen and oxygen atoms in total. The van der Waals surface area contributed by atoms with E-state index in [1.54, 1.807) is 39.7 Å². The molecule has 7 heteroatoms. The number of hydrogen-bond acceptors (Lipinski definition) is 5. The lowest BCUT2D eigenvalue weighted by molar-refractivity contribution is 0.324. The third kappa shape index (κ3) is 5.10. The van der Waals surface area contributed by atoms with E-state index in [1.165, 1.54) is 0 Å². The SMILES string of the molecule is COc1cc(/C=N/NC(=S)NC(C)c2ccccc2)cc(OC)c1OC. The summed E-state index contributed by atoms with van der Waals surface area (Å²) in [6.07, 6.45) is 1.63. The van der Waals surface area contributed by atoms with E-state index >= 15 is 0 Å². The Hall–Kier alpha value is -2.80. The van der Waals surface area contributed by atoms with Crippen molar-refractivity contribution in [3.8, 4) is 17.2 Å². The van der Waals surface area contributed by atoms with E-state index in [9.17, 15) is 0 Å². The summed E-state index contributed by atoms with van der Waals surface area (Å²) < 4.78 is 15.9. The van der Waals surface area contributed by atoms with Crippen molar-refractivity contribution in [3.63, 3.8) is 0 Å². The minimum atomic E-state index is 0.0765. The normalized spacial score (nSPS) is 11.7. The number of nitrogens with one attached hydrogen (secondary N) is 2. The van der Waals surface area contributed by atoms with Crippen molar-refractivity contribution in [2.45, 2.75) is 13.0 Å². The molecule has 0 saturated carbocycles. The van der Waals surface area contributed by atoms with Gasteiger partial charge in [0.25, 0.3) is 0 Å². The summed E-state index contributed by atoms with van der Waals surface area (Å²) >= 11 is 5.28. The molecule has 0 heterocycles. The minimum absolute atomic E-state index is 0.0765. The molecule has 1 atom stereocenters. The van der Waals surface area contributed by atoms with Crippen LogP contribution in [0.25, 0.3) is 0 Å². The second-order valence-electron chi connectivity index (χ2n) is 5.43. The topological polar surface area (TPSA) is 64.1 Å². The van der Waals surface area contributed by atoms with Gasteiger partial charge in [0, 0.05) is 5.56 Å². The van der Waals surface area contributed by atoms with Crippen LogP contribution in [-0.2, 0) is 0 Å². The second kappa shape index (κ2) is 9.62. The molecule has 1 unspecified atom stereocenters. The fraction of sp³-hybridized carbons (Fsp3) is 0.263. The monoisotopic (exact) mass is 373 g/mol. The van der Waals surface area contributed by atoms with Crippen LogP contribution in [0.4, 0.5) is 0 Å². The Kier molecular flexibility index (Phi) is 7.23. The molecule has 0 bridgehead atoms. The third-order valence-electron chi connectivity index (χ3n) is 3.71. The predicted molar refractivity (Wildman–Crippen MR) is 107 cm³/mol. The Balaban J connectivity index is 2.00. The lowest BCUT2D eigenvalue weighted by Crippen LogP contribution is -2.34. The molecule has 138 valence electrons. The van der Waals surface area contributed by atoms with Crippen molar-refractivity contribution in [3.05, 3.63) is 53.6 Å². The van der Waals surface area contributed by atoms with Gasteiger partial charge in [-0.2, -0.15) is 5.10 Å². The maximum atomic E-state index is 5.32. The average Bonchev–Trinajstić information content (AvgIpc) is 2.67. The summed E-state index contributed by atoms with van der Waals surface area (Å²) in [6, 6.07) is 13.7. The van der Waals surface area contributed by atoms with Crippen molar-refractivity contribution >= 4 is 23.5 Å². The number of hydrogen-bond donors (Lipinski definition) is 2. The summed E-state index contributed by atoms with van der Waals surface area (Å²) in [5.74, 6) is 1.66. The number of nitrogens with zero attached hydrogens (tertiary/aromatic N) is 1. The van der Waals surface area contributed by atoms with Crippen LogP contribution in [0.1, 0.15) is 24.1 Å². The molecule has 0 aromatic heterocycles. The molecule has 0 aliphatic rings. The quantitative estimate of drug-likeness (QED) is 0.441. The molecule has 2 rings (SSSR count). The summed E-state index contributed by atoms with van der Waals surface area (Å²) in [7, 11) is 4.70. The van der Waals surface area contributed by atoms with Gasteiger partial charge in [0.2, 0.25) is 5.75 Å². The number of rotatable bonds is 7. The van der Waals surface area contributed by atoms with Crippen LogP contribution in [0.15, 0.2) is 47.6 Å². The average molecular weight is 373 g/mol. The van der Waals surface area contributed by atoms with Crippen molar-refractivity contribution in [2.24, 2.45) is 5.10 Å². The molecule has 26 heavy (non-hydrogen) atoms. The third-order valence-corrected chi connectivity index (χ3v) is 3.92. The van der Waals surface area contributed by atoms with Crippen LogP contribution >= 0.6 is 12.2 Å². The summed E-state index contributed by atoms with van der Waals surface area (Å²) in [5.41, 5.74) is 4.74. The highest BCUT2D eigenvalue weighted by Crippen LogP contribution is 2.37. The van der Waals surface area contributed by atoms with Gasteiger partial charge in [0.1, 0.15) is 0 Å². The van der Waals surface area contributed by atoms with Crippen LogP contribution in [0.3, 0.4) is 0 Å². The van der Waals surface area contributed by atoms with Gasteiger partial charge in [-0.05, 0) is 36.8 Å². The fourth-order valence-corrected chi connectivity index (χ4v) is 2.62. The van der Waals surface area contributed by atoms with E-state index in [-0.39, 0.29) is 6.04 Å². The molecule has 2 aromatic carbocycles. The molecule has 0 aliphatic carbocycles. The summed E-state index contributed by atoms with van der Waals surface area (Å²) in [5, 5.41) is 7.78. The van der Waals surface area contributed by atoms with Crippen LogP contribution in [0.2, 0.25) is 0 Å². The smallest absolute Gasteiger partial charge is 0.203 e. The van der Waals surface area contributed by atoms with Gasteiger partial charge in [0.05, 0.1) is 33.6 Å². The Morgan fingerprint density at radius 3 is 2.19 bits per heavy atom. The van der Waals surface area contributed by atoms with Gasteiger partial charge in [-0.3, -0.25) is 5.43 Å². The van der Waals surface area contributed by atoms with E-state index in [2.05, 4.69) is 15.8 Å². The Morgan fingerprint density at radius 2 is 1.65 bits per heavy atom. The standard InChI is InChI=1S/C19H23N3O3S/c1-13(15-8-6-5-7-9-15)21-19(26)22-20-12-14-10-16(23-2)18(25-4)17(11-14)24-3/h5-13H,1-4H3,(H2,21,22,26)/b20-12+. The highest BCUT2D eigenvalue weighted by molar-refractivity contribution is 7.80. The zero-order chi connectivity index (χ0) is 18.9. The van der Waals surface area contributed by atoms with Gasteiger partial charge in [-0.25, -0.2) is 0 Å². The molecular formula is C19H23N3O3S. The Morgan fingerprint density at radius 1 is 1.04 bits per heavy atom. The first-order valence-electron chi connectivity index (χ1n) is 8.03. The van der Waals surface area contributed by atoms with Gasteiger partial charge in [-0.15, -0.1) is 0 Å². The first-order valence-corrected chi connectivity index (χ1v) is 8.44. The van der Waals surface area contributed by atoms with Crippen LogP contribution in [-0.4, -0.2) is 32.7 Å². The molecule has 0 fully saturated rings. The van der Waals surface area contributed by atoms with E-state index in [0.717, 1.165) is 11.1 Å². The van der Waals surface area contributed by atoms with Gasteiger partial charge >= 0.3 is 0 Å². The summed E-state index contributed by atoms with van der Waals surface area (Å²) in [4.78, 5) is 0. The minimum Gasteiger partial charge on any atom is -0.493 e. The number of benzene rings is 2. The molecule has 2 N–H and O–H groups in total. The predicted octanol–water partition coefficient (Wildman–Crippen LogP) is 3.27. The highest BCUT2D eigenvalue weighted by Gasteiger charge is 2.12. The van der Waals surface area contributed by atoms with Crippen LogP contribution in [0.5, 0.6) is 17.2 Å². The van der Waals surface area contributed by atoms with Crippen molar-refractivity contribution < 1.29 is 14.2 Å². The first kappa shape index (κ1) is 19.5. The highest BCUT2D eigenvalue weighted by atomic mass is 32.1. The maximum absolute atomic E-state index is 5.32. The number of thiocarbonyl (C=S) groups is 1. The molecule has 2 aromatic rings. The molecule has 0 aliphatic heterocycles. The Labute approximate surface area is 159 Å². The molecule has 0 spiro atoms. The number of hydrazone groups is 1. The lowest BCUT2D eigenvalue weighted by atomic mass is 10.1. The van der Waals surface area contributed by atoms with Crippen LogP contribution < -0.4 is 25.0 Å². The lowest BCUT2D eigenvalue weighted by Gasteiger charge is -2.15. The largest absolute Gasteiger partial charge is 0.493 e. The fourth-order valence-electron chi connectivity index (χ4n) is 2.40. The molecule has 0 radical (unpaired) electrons. The number of ether oxygens (including phenoxy) is 3. The van der Waals surface area contributed by atoms with E-state index < -0.39 is 0 Å². The van der Waals surface area contributed by atoms with Crippen molar-refractivity contribution in [1.29, 1.82) is 0 Å². The zero-order valence-electron chi connectivity index (χ0n) is 15.3. The van der Waals surface area contributed by atoms with Gasteiger partial charge < -0.3 is 19.5 Å². The van der Waals surface area contributed by atoms with E-state index in [4.69, 9.17) is 26.4 Å². The van der Waals surface area contributed by atoms with Crippen molar-refractivity contribution in [2.75, 3.05) is 21.3 Å². The Bertz CT molecular complexity index is 741. The molecular weight excluding hydrogens is 350 g/mol. The maximum Gasteiger partial charge on any atom is 0.203 e.